The Morgan fingerprint density at radius 1 is 0.449 bits per heavy atom. The summed E-state index contributed by atoms with van der Waals surface area (Å²) >= 11 is 0. The number of allylic oxidation sites excluding steroid dienone is 12. The molecule has 0 aromatic heterocycles. The van der Waals surface area contributed by atoms with Crippen LogP contribution in [0.2, 0.25) is 0 Å². The average Bonchev–Trinajstić information content (AvgIpc) is 3.31. The van der Waals surface area contributed by atoms with Gasteiger partial charge in [0.1, 0.15) is 13.2 Å². The monoisotopic (exact) mass is 968 g/mol. The first kappa shape index (κ1) is 65.7. The average molecular weight is 968 g/mol. The Kier molecular flexibility index (Phi) is 48.7. The Hall–Kier alpha value is -3.27. The molecule has 0 aromatic carbocycles. The minimum Gasteiger partial charge on any atom is -0.545 e. The second-order valence-corrected chi connectivity index (χ2v) is 19.8. The van der Waals surface area contributed by atoms with Crippen LogP contribution in [0.1, 0.15) is 232 Å². The van der Waals surface area contributed by atoms with Gasteiger partial charge in [0.2, 0.25) is 0 Å². The predicted molar refractivity (Wildman–Crippen MR) is 288 cm³/mol. The molecule has 0 N–H and O–H groups in total. The van der Waals surface area contributed by atoms with Gasteiger partial charge in [0.05, 0.1) is 40.3 Å². The standard InChI is InChI=1S/C60H105NO8/c1-6-8-10-12-14-16-18-20-22-24-26-28-29-31-32-34-36-38-40-42-44-46-48-50-57(62)67-54-56(55-68-60(59(64)65)66-53-52-61(3,4)5)69-58(63)51-49-47-45-43-41-39-37-35-33-30-27-25-23-21-19-17-15-13-11-9-7-2/h9,11,15,17,21,23-24,26-27,30,35,37,56,60H,6-8,10,12-14,16,18-20,22,25,28-29,31-34,36,38-55H2,1-5H3/b11-9-,17-15-,23-21-,26-24-,30-27-,37-35-. The number of likely N-dealkylation sites (N-methyl/N-ethyl adjacent to an activating group) is 1. The van der Waals surface area contributed by atoms with Gasteiger partial charge in [0.15, 0.2) is 12.4 Å². The van der Waals surface area contributed by atoms with E-state index < -0.39 is 24.3 Å². The fraction of sp³-hybridized carbons (Fsp3) is 0.750. The van der Waals surface area contributed by atoms with Crippen molar-refractivity contribution in [2.45, 2.75) is 245 Å². The number of unbranched alkanes of at least 4 members (excludes halogenated alkanes) is 24. The molecule has 0 fully saturated rings. The highest BCUT2D eigenvalue weighted by atomic mass is 16.7. The lowest BCUT2D eigenvalue weighted by Gasteiger charge is -2.26. The van der Waals surface area contributed by atoms with Crippen molar-refractivity contribution in [3.05, 3.63) is 72.9 Å². The number of carbonyl (C=O) groups excluding carboxylic acids is 3. The number of ether oxygens (including phenoxy) is 4. The van der Waals surface area contributed by atoms with Crippen molar-refractivity contribution in [3.63, 3.8) is 0 Å². The molecule has 0 amide bonds. The smallest absolute Gasteiger partial charge is 0.306 e. The van der Waals surface area contributed by atoms with Gasteiger partial charge in [-0.15, -0.1) is 0 Å². The first-order valence-electron chi connectivity index (χ1n) is 28.1. The number of carbonyl (C=O) groups is 3. The lowest BCUT2D eigenvalue weighted by molar-refractivity contribution is -0.870. The summed E-state index contributed by atoms with van der Waals surface area (Å²) in [7, 11) is 5.91. The molecule has 0 spiro atoms. The number of carboxylic acid groups (broad SMARTS) is 1. The molecule has 0 rings (SSSR count). The Labute approximate surface area is 424 Å². The molecular formula is C60H105NO8. The number of quaternary nitrogens is 1. The van der Waals surface area contributed by atoms with Crippen molar-refractivity contribution in [3.8, 4) is 0 Å². The van der Waals surface area contributed by atoms with Crippen LogP contribution in [0.25, 0.3) is 0 Å². The summed E-state index contributed by atoms with van der Waals surface area (Å²) in [4.78, 5) is 37.3. The van der Waals surface area contributed by atoms with Gasteiger partial charge in [0, 0.05) is 12.8 Å². The number of hydrogen-bond acceptors (Lipinski definition) is 8. The van der Waals surface area contributed by atoms with Crippen LogP contribution in [-0.2, 0) is 33.3 Å². The van der Waals surface area contributed by atoms with Gasteiger partial charge in [-0.1, -0.05) is 209 Å². The maximum atomic E-state index is 12.8. The fourth-order valence-corrected chi connectivity index (χ4v) is 7.62. The molecule has 0 aliphatic carbocycles. The van der Waals surface area contributed by atoms with Gasteiger partial charge in [-0.25, -0.2) is 0 Å². The van der Waals surface area contributed by atoms with Crippen molar-refractivity contribution < 1.29 is 42.9 Å². The predicted octanol–water partition coefficient (Wildman–Crippen LogP) is 14.9. The normalized spacial score (nSPS) is 13.3. The Balaban J connectivity index is 4.31. The third-order valence-electron chi connectivity index (χ3n) is 11.9. The topological polar surface area (TPSA) is 111 Å². The van der Waals surface area contributed by atoms with Gasteiger partial charge in [0.25, 0.3) is 0 Å². The zero-order valence-corrected chi connectivity index (χ0v) is 45.2. The largest absolute Gasteiger partial charge is 0.545 e. The van der Waals surface area contributed by atoms with Crippen molar-refractivity contribution in [1.29, 1.82) is 0 Å². The number of aliphatic carboxylic acids is 1. The summed E-state index contributed by atoms with van der Waals surface area (Å²) in [5, 5.41) is 11.8. The summed E-state index contributed by atoms with van der Waals surface area (Å²) in [6.45, 7) is 4.62. The van der Waals surface area contributed by atoms with Gasteiger partial charge in [-0.05, 0) is 83.5 Å². The van der Waals surface area contributed by atoms with Crippen LogP contribution in [0.5, 0.6) is 0 Å². The van der Waals surface area contributed by atoms with E-state index in [4.69, 9.17) is 18.9 Å². The quantitative estimate of drug-likeness (QED) is 0.0195. The zero-order chi connectivity index (χ0) is 50.6. The molecule has 0 saturated heterocycles. The van der Waals surface area contributed by atoms with E-state index in [1.165, 1.54) is 116 Å². The number of hydrogen-bond donors (Lipinski definition) is 0. The maximum Gasteiger partial charge on any atom is 0.306 e. The van der Waals surface area contributed by atoms with E-state index in [0.29, 0.717) is 17.4 Å². The summed E-state index contributed by atoms with van der Waals surface area (Å²) in [6, 6.07) is 0. The summed E-state index contributed by atoms with van der Waals surface area (Å²) in [5.74, 6) is -2.31. The summed E-state index contributed by atoms with van der Waals surface area (Å²) in [5.41, 5.74) is 0. The second kappa shape index (κ2) is 51.1. The van der Waals surface area contributed by atoms with Gasteiger partial charge in [-0.2, -0.15) is 0 Å². The molecule has 0 aliphatic heterocycles. The van der Waals surface area contributed by atoms with Gasteiger partial charge >= 0.3 is 11.9 Å². The van der Waals surface area contributed by atoms with Crippen LogP contribution in [0.4, 0.5) is 0 Å². The Morgan fingerprint density at radius 2 is 0.826 bits per heavy atom. The van der Waals surface area contributed by atoms with E-state index in [0.717, 1.165) is 83.5 Å². The zero-order valence-electron chi connectivity index (χ0n) is 45.2. The molecule has 9 heteroatoms. The van der Waals surface area contributed by atoms with Crippen molar-refractivity contribution in [2.75, 3.05) is 47.5 Å². The summed E-state index contributed by atoms with van der Waals surface area (Å²) in [6.07, 6.45) is 62.3. The van der Waals surface area contributed by atoms with E-state index in [-0.39, 0.29) is 38.6 Å². The molecule has 2 unspecified atom stereocenters. The van der Waals surface area contributed by atoms with E-state index in [1.54, 1.807) is 0 Å². The molecule has 0 heterocycles. The molecular weight excluding hydrogens is 863 g/mol. The first-order chi connectivity index (χ1) is 33.6. The molecule has 9 nitrogen and oxygen atoms in total. The second-order valence-electron chi connectivity index (χ2n) is 19.8. The van der Waals surface area contributed by atoms with Crippen LogP contribution >= 0.6 is 0 Å². The first-order valence-corrected chi connectivity index (χ1v) is 28.1. The Morgan fingerprint density at radius 3 is 1.25 bits per heavy atom. The molecule has 0 aliphatic rings. The van der Waals surface area contributed by atoms with Crippen LogP contribution < -0.4 is 5.11 Å². The van der Waals surface area contributed by atoms with Crippen molar-refractivity contribution in [2.24, 2.45) is 0 Å². The molecule has 0 aromatic rings. The highest BCUT2D eigenvalue weighted by Crippen LogP contribution is 2.15. The van der Waals surface area contributed by atoms with E-state index in [1.807, 2.05) is 21.1 Å². The van der Waals surface area contributed by atoms with E-state index in [2.05, 4.69) is 86.8 Å². The minimum atomic E-state index is -1.63. The molecule has 69 heavy (non-hydrogen) atoms. The van der Waals surface area contributed by atoms with Crippen molar-refractivity contribution >= 4 is 17.9 Å². The SMILES string of the molecule is CC/C=C\C/C=C\C/C=C\C/C=C\C/C=C\CCCCCCCC(=O)OC(COC(=O)CCCCCCCCCCCCC/C=C\CCCCCCCCCC)COC(OCC[N+](C)(C)C)C(=O)[O-]. The molecule has 398 valence electrons. The van der Waals surface area contributed by atoms with Crippen LogP contribution in [0.3, 0.4) is 0 Å². The third-order valence-corrected chi connectivity index (χ3v) is 11.9. The van der Waals surface area contributed by atoms with E-state index in [9.17, 15) is 19.5 Å². The van der Waals surface area contributed by atoms with Gasteiger partial charge in [-0.3, -0.25) is 9.59 Å². The third kappa shape index (κ3) is 52.4. The number of carboxylic acids is 1. The molecule has 0 radical (unpaired) electrons. The lowest BCUT2D eigenvalue weighted by atomic mass is 10.0. The molecule has 0 bridgehead atoms. The molecule has 2 atom stereocenters. The number of esters is 2. The molecule has 0 saturated carbocycles. The van der Waals surface area contributed by atoms with Crippen LogP contribution in [0.15, 0.2) is 72.9 Å². The van der Waals surface area contributed by atoms with E-state index >= 15 is 0 Å². The maximum absolute atomic E-state index is 12.8. The van der Waals surface area contributed by atoms with Crippen LogP contribution in [-0.4, -0.2) is 82.3 Å². The summed E-state index contributed by atoms with van der Waals surface area (Å²) < 4.78 is 22.7. The van der Waals surface area contributed by atoms with Crippen molar-refractivity contribution in [1.82, 2.24) is 0 Å². The minimum absolute atomic E-state index is 0.141. The highest BCUT2D eigenvalue weighted by Gasteiger charge is 2.22. The number of rotatable bonds is 51. The number of nitrogens with zero attached hydrogens (tertiary/aromatic N) is 1. The van der Waals surface area contributed by atoms with Crippen LogP contribution in [0, 0.1) is 0 Å². The lowest BCUT2D eigenvalue weighted by Crippen LogP contribution is -2.44. The van der Waals surface area contributed by atoms with Gasteiger partial charge < -0.3 is 33.3 Å². The fourth-order valence-electron chi connectivity index (χ4n) is 7.62. The Bertz CT molecular complexity index is 1360. The highest BCUT2D eigenvalue weighted by molar-refractivity contribution is 5.70.